The van der Waals surface area contributed by atoms with E-state index in [1.165, 1.54) is 0 Å². The number of hydrogen-bond acceptors (Lipinski definition) is 4. The predicted molar refractivity (Wildman–Crippen MR) is 67.3 cm³/mol. The molecule has 2 heterocycles. The van der Waals surface area contributed by atoms with Crippen molar-refractivity contribution in [2.75, 3.05) is 26.7 Å². The molecule has 1 saturated heterocycles. The number of nitrogens with zero attached hydrogens (tertiary/aromatic N) is 2. The van der Waals surface area contributed by atoms with Gasteiger partial charge in [0.15, 0.2) is 0 Å². The second-order valence-electron chi connectivity index (χ2n) is 4.88. The van der Waals surface area contributed by atoms with Crippen molar-refractivity contribution in [2.24, 2.45) is 0 Å². The van der Waals surface area contributed by atoms with Crippen molar-refractivity contribution in [1.29, 1.82) is 0 Å². The van der Waals surface area contributed by atoms with Crippen molar-refractivity contribution in [1.82, 2.24) is 9.80 Å². The highest BCUT2D eigenvalue weighted by Gasteiger charge is 2.26. The van der Waals surface area contributed by atoms with E-state index in [1.807, 2.05) is 19.2 Å². The summed E-state index contributed by atoms with van der Waals surface area (Å²) < 4.78 is 5.34. The van der Waals surface area contributed by atoms with Gasteiger partial charge in [0.25, 0.3) is 0 Å². The number of hydrogen-bond donors (Lipinski definition) is 1. The molecule has 0 spiro atoms. The molecule has 0 aliphatic carbocycles. The fourth-order valence-electron chi connectivity index (χ4n) is 2.39. The van der Waals surface area contributed by atoms with Crippen LogP contribution in [0, 0.1) is 0 Å². The molecule has 2 rings (SSSR count). The monoisotopic (exact) mass is 252 g/mol. The fraction of sp³-hybridized carbons (Fsp3) is 0.615. The molecule has 0 amide bonds. The minimum Gasteiger partial charge on any atom is -0.481 e. The molecule has 1 unspecified atom stereocenters. The van der Waals surface area contributed by atoms with Gasteiger partial charge in [0.1, 0.15) is 5.76 Å². The van der Waals surface area contributed by atoms with E-state index in [0.29, 0.717) is 12.6 Å². The van der Waals surface area contributed by atoms with E-state index in [4.69, 9.17) is 9.52 Å². The normalized spacial score (nSPS) is 20.7. The zero-order valence-corrected chi connectivity index (χ0v) is 10.7. The van der Waals surface area contributed by atoms with Crippen LogP contribution in [0.5, 0.6) is 0 Å². The molecule has 0 bridgehead atoms. The molecule has 1 fully saturated rings. The van der Waals surface area contributed by atoms with Crippen molar-refractivity contribution < 1.29 is 14.3 Å². The molecule has 1 atom stereocenters. The minimum absolute atomic E-state index is 0.213. The average Bonchev–Trinajstić information content (AvgIpc) is 2.98. The summed E-state index contributed by atoms with van der Waals surface area (Å²) in [5.41, 5.74) is 0. The first kappa shape index (κ1) is 13.1. The zero-order chi connectivity index (χ0) is 13.0. The Hall–Kier alpha value is -1.33. The van der Waals surface area contributed by atoms with Gasteiger partial charge in [0.05, 0.1) is 19.2 Å². The van der Waals surface area contributed by atoms with Crippen molar-refractivity contribution in [3.8, 4) is 0 Å². The van der Waals surface area contributed by atoms with Crippen LogP contribution in [0.2, 0.25) is 0 Å². The van der Waals surface area contributed by atoms with E-state index in [1.54, 1.807) is 6.26 Å². The van der Waals surface area contributed by atoms with Crippen molar-refractivity contribution in [3.63, 3.8) is 0 Å². The van der Waals surface area contributed by atoms with Gasteiger partial charge in [-0.1, -0.05) is 0 Å². The Bertz CT molecular complexity index is 378. The van der Waals surface area contributed by atoms with Crippen LogP contribution in [0.15, 0.2) is 22.8 Å². The van der Waals surface area contributed by atoms with Crippen LogP contribution in [0.25, 0.3) is 0 Å². The Labute approximate surface area is 107 Å². The quantitative estimate of drug-likeness (QED) is 0.826. The molecule has 5 heteroatoms. The molecule has 1 N–H and O–H groups in total. The summed E-state index contributed by atoms with van der Waals surface area (Å²) in [6.07, 6.45) is 3.00. The summed E-state index contributed by atoms with van der Waals surface area (Å²) >= 11 is 0. The summed E-state index contributed by atoms with van der Waals surface area (Å²) in [5.74, 6) is 0.260. The standard InChI is InChI=1S/C13H20N2O3/c1-14(6-5-13(16)17)11-4-7-15(9-11)10-12-3-2-8-18-12/h2-3,8,11H,4-7,9-10H2,1H3,(H,16,17). The topological polar surface area (TPSA) is 56.9 Å². The molecule has 1 aromatic rings. The SMILES string of the molecule is CN(CCC(=O)O)C1CCN(Cc2ccco2)C1. The minimum atomic E-state index is -0.729. The molecule has 1 aromatic heterocycles. The highest BCUT2D eigenvalue weighted by molar-refractivity contribution is 5.66. The highest BCUT2D eigenvalue weighted by atomic mass is 16.4. The first-order valence-corrected chi connectivity index (χ1v) is 6.32. The van der Waals surface area contributed by atoms with Gasteiger partial charge in [-0.2, -0.15) is 0 Å². The Balaban J connectivity index is 1.75. The number of likely N-dealkylation sites (N-methyl/N-ethyl adjacent to an activating group) is 1. The maximum Gasteiger partial charge on any atom is 0.304 e. The van der Waals surface area contributed by atoms with E-state index >= 15 is 0 Å². The van der Waals surface area contributed by atoms with E-state index < -0.39 is 5.97 Å². The van der Waals surface area contributed by atoms with Gasteiger partial charge in [-0.25, -0.2) is 0 Å². The number of rotatable bonds is 6. The smallest absolute Gasteiger partial charge is 0.304 e. The molecule has 0 radical (unpaired) electrons. The molecule has 100 valence electrons. The summed E-state index contributed by atoms with van der Waals surface area (Å²) in [7, 11) is 2.00. The van der Waals surface area contributed by atoms with Crippen LogP contribution in [-0.4, -0.2) is 53.6 Å². The lowest BCUT2D eigenvalue weighted by atomic mass is 10.2. The number of carbonyl (C=O) groups is 1. The predicted octanol–water partition coefficient (Wildman–Crippen LogP) is 1.26. The maximum absolute atomic E-state index is 10.5. The van der Waals surface area contributed by atoms with E-state index in [-0.39, 0.29) is 6.42 Å². The van der Waals surface area contributed by atoms with Crippen molar-refractivity contribution in [3.05, 3.63) is 24.2 Å². The summed E-state index contributed by atoms with van der Waals surface area (Å²) in [5, 5.41) is 8.68. The Morgan fingerprint density at radius 1 is 1.67 bits per heavy atom. The van der Waals surface area contributed by atoms with Crippen LogP contribution in [0.3, 0.4) is 0 Å². The number of likely N-dealkylation sites (tertiary alicyclic amines) is 1. The van der Waals surface area contributed by atoms with Gasteiger partial charge >= 0.3 is 5.97 Å². The van der Waals surface area contributed by atoms with Crippen LogP contribution in [0.1, 0.15) is 18.6 Å². The van der Waals surface area contributed by atoms with Gasteiger partial charge < -0.3 is 14.4 Å². The second-order valence-corrected chi connectivity index (χ2v) is 4.88. The maximum atomic E-state index is 10.5. The van der Waals surface area contributed by atoms with Crippen LogP contribution in [0.4, 0.5) is 0 Å². The lowest BCUT2D eigenvalue weighted by Crippen LogP contribution is -2.35. The van der Waals surface area contributed by atoms with E-state index in [2.05, 4.69) is 9.80 Å². The molecule has 0 aromatic carbocycles. The lowest BCUT2D eigenvalue weighted by Gasteiger charge is -2.23. The van der Waals surface area contributed by atoms with Crippen LogP contribution < -0.4 is 0 Å². The number of furan rings is 1. The molecule has 0 saturated carbocycles. The van der Waals surface area contributed by atoms with E-state index in [9.17, 15) is 4.79 Å². The third-order valence-corrected chi connectivity index (χ3v) is 3.51. The van der Waals surface area contributed by atoms with Crippen LogP contribution in [-0.2, 0) is 11.3 Å². The van der Waals surface area contributed by atoms with Gasteiger partial charge in [0, 0.05) is 25.7 Å². The summed E-state index contributed by atoms with van der Waals surface area (Å²) in [4.78, 5) is 15.0. The molecule has 5 nitrogen and oxygen atoms in total. The van der Waals surface area contributed by atoms with Crippen molar-refractivity contribution in [2.45, 2.75) is 25.4 Å². The summed E-state index contributed by atoms with van der Waals surface area (Å²) in [6.45, 7) is 3.49. The number of carboxylic acid groups (broad SMARTS) is 1. The summed E-state index contributed by atoms with van der Waals surface area (Å²) in [6, 6.07) is 4.35. The molecule has 18 heavy (non-hydrogen) atoms. The third kappa shape index (κ3) is 3.58. The van der Waals surface area contributed by atoms with Gasteiger partial charge in [0.2, 0.25) is 0 Å². The van der Waals surface area contributed by atoms with Crippen LogP contribution >= 0.6 is 0 Å². The number of carboxylic acids is 1. The Kier molecular flexibility index (Phi) is 4.38. The van der Waals surface area contributed by atoms with E-state index in [0.717, 1.165) is 31.8 Å². The molecule has 1 aliphatic rings. The van der Waals surface area contributed by atoms with Crippen molar-refractivity contribution >= 4 is 5.97 Å². The fourth-order valence-corrected chi connectivity index (χ4v) is 2.39. The highest BCUT2D eigenvalue weighted by Crippen LogP contribution is 2.17. The molecular formula is C13H20N2O3. The van der Waals surface area contributed by atoms with Gasteiger partial charge in [-0.3, -0.25) is 9.69 Å². The first-order chi connectivity index (χ1) is 8.65. The molecular weight excluding hydrogens is 232 g/mol. The first-order valence-electron chi connectivity index (χ1n) is 6.32. The third-order valence-electron chi connectivity index (χ3n) is 3.51. The second kappa shape index (κ2) is 6.02. The largest absolute Gasteiger partial charge is 0.481 e. The Morgan fingerprint density at radius 2 is 2.50 bits per heavy atom. The van der Waals surface area contributed by atoms with Gasteiger partial charge in [-0.05, 0) is 25.6 Å². The number of aliphatic carboxylic acids is 1. The molecule has 1 aliphatic heterocycles. The average molecular weight is 252 g/mol. The lowest BCUT2D eigenvalue weighted by molar-refractivity contribution is -0.137. The Morgan fingerprint density at radius 3 is 3.17 bits per heavy atom. The zero-order valence-electron chi connectivity index (χ0n) is 10.7. The van der Waals surface area contributed by atoms with Gasteiger partial charge in [-0.15, -0.1) is 0 Å².